The number of aliphatic hydroxyl groups excluding tert-OH is 1. The van der Waals surface area contributed by atoms with Gasteiger partial charge in [0.05, 0.1) is 6.10 Å². The zero-order valence-corrected chi connectivity index (χ0v) is 17.4. The van der Waals surface area contributed by atoms with Crippen molar-refractivity contribution in [2.24, 2.45) is 28.6 Å². The van der Waals surface area contributed by atoms with Crippen LogP contribution in [-0.2, 0) is 14.4 Å². The number of alkyl halides is 1. The van der Waals surface area contributed by atoms with E-state index in [4.69, 9.17) is 0 Å². The lowest BCUT2D eigenvalue weighted by Crippen LogP contribution is -2.69. The molecule has 6 N–H and O–H groups in total. The van der Waals surface area contributed by atoms with Crippen LogP contribution in [-0.4, -0.2) is 56.4 Å². The van der Waals surface area contributed by atoms with E-state index >= 15 is 4.39 Å². The zero-order valence-electron chi connectivity index (χ0n) is 17.4. The molecule has 0 heterocycles. The monoisotopic (exact) mass is 426 g/mol. The highest BCUT2D eigenvalue weighted by molar-refractivity contribution is 6.29. The number of carbonyl (C=O) groups is 3. The van der Waals surface area contributed by atoms with Crippen LogP contribution < -0.4 is 0 Å². The molecule has 8 atom stereocenters. The number of aliphatic hydroxyl groups is 2. The highest BCUT2D eigenvalue weighted by Crippen LogP contribution is 2.70. The predicted molar refractivity (Wildman–Crippen MR) is 106 cm³/mol. The Kier molecular flexibility index (Phi) is 5.85. The van der Waals surface area contributed by atoms with Gasteiger partial charge in [0.1, 0.15) is 5.60 Å². The van der Waals surface area contributed by atoms with E-state index < -0.39 is 45.8 Å². The molecular formula is C22H31FO7. The summed E-state index contributed by atoms with van der Waals surface area (Å²) in [5.41, 5.74) is -5.42. The molecule has 4 aliphatic rings. The Morgan fingerprint density at radius 2 is 1.90 bits per heavy atom. The van der Waals surface area contributed by atoms with Crippen molar-refractivity contribution in [1.82, 2.24) is 0 Å². The molecule has 4 rings (SSSR count). The third-order valence-electron chi connectivity index (χ3n) is 8.71. The summed E-state index contributed by atoms with van der Waals surface area (Å²) in [7, 11) is 0. The van der Waals surface area contributed by atoms with Crippen LogP contribution in [0.1, 0.15) is 46.5 Å². The summed E-state index contributed by atoms with van der Waals surface area (Å²) < 4.78 is 16.8. The third kappa shape index (κ3) is 2.48. The van der Waals surface area contributed by atoms with Crippen LogP contribution in [0.15, 0.2) is 23.8 Å². The Morgan fingerprint density at radius 1 is 1.27 bits per heavy atom. The minimum atomic E-state index is -2.01. The fraction of sp³-hybridized carbons (Fsp3) is 0.682. The first-order valence-electron chi connectivity index (χ1n) is 10.00. The molecule has 3 saturated carbocycles. The summed E-state index contributed by atoms with van der Waals surface area (Å²) in [4.78, 5) is 35.5. The van der Waals surface area contributed by atoms with Gasteiger partial charge < -0.3 is 21.2 Å². The number of fused-ring (bicyclic) bond motifs is 5. The fourth-order valence-electron chi connectivity index (χ4n) is 7.16. The Morgan fingerprint density at radius 3 is 2.50 bits per heavy atom. The van der Waals surface area contributed by atoms with Crippen molar-refractivity contribution in [3.8, 4) is 0 Å². The van der Waals surface area contributed by atoms with Crippen LogP contribution in [0.25, 0.3) is 0 Å². The van der Waals surface area contributed by atoms with Crippen molar-refractivity contribution in [1.29, 1.82) is 0 Å². The van der Waals surface area contributed by atoms with Crippen LogP contribution in [0.2, 0.25) is 0 Å². The number of ketones is 2. The molecule has 4 aliphatic carbocycles. The maximum Gasteiger partial charge on any atom is 0.227 e. The fourth-order valence-corrected chi connectivity index (χ4v) is 7.16. The summed E-state index contributed by atoms with van der Waals surface area (Å²) in [5, 5.41) is 22.4. The van der Waals surface area contributed by atoms with E-state index in [0.29, 0.717) is 24.8 Å². The van der Waals surface area contributed by atoms with Gasteiger partial charge in [0.25, 0.3) is 0 Å². The van der Waals surface area contributed by atoms with Crippen molar-refractivity contribution in [3.63, 3.8) is 0 Å². The Balaban J connectivity index is 0.00000160. The van der Waals surface area contributed by atoms with Gasteiger partial charge in [-0.1, -0.05) is 25.5 Å². The lowest BCUT2D eigenvalue weighted by molar-refractivity contribution is -0.218. The van der Waals surface area contributed by atoms with Crippen molar-refractivity contribution < 1.29 is 39.9 Å². The number of hydrogen-bond donors (Lipinski definition) is 2. The molecule has 0 aromatic rings. The first-order chi connectivity index (χ1) is 13.0. The van der Waals surface area contributed by atoms with Crippen LogP contribution in [0.4, 0.5) is 4.39 Å². The summed E-state index contributed by atoms with van der Waals surface area (Å²) in [6.07, 6.45) is 4.37. The molecule has 168 valence electrons. The second-order valence-corrected chi connectivity index (χ2v) is 9.65. The van der Waals surface area contributed by atoms with Gasteiger partial charge in [0, 0.05) is 16.7 Å². The summed E-state index contributed by atoms with van der Waals surface area (Å²) in [5.74, 6) is -2.52. The Bertz CT molecular complexity index is 837. The molecule has 0 aromatic carbocycles. The number of allylic oxidation sites excluding steroid dienone is 4. The quantitative estimate of drug-likeness (QED) is 0.485. The van der Waals surface area contributed by atoms with Crippen molar-refractivity contribution in [3.05, 3.63) is 23.8 Å². The van der Waals surface area contributed by atoms with Crippen LogP contribution in [0.5, 0.6) is 0 Å². The average Bonchev–Trinajstić information content (AvgIpc) is 2.84. The highest BCUT2D eigenvalue weighted by atomic mass is 19.1. The van der Waals surface area contributed by atoms with Gasteiger partial charge >= 0.3 is 0 Å². The highest BCUT2D eigenvalue weighted by Gasteiger charge is 2.75. The first-order valence-corrected chi connectivity index (χ1v) is 10.00. The minimum absolute atomic E-state index is 0. The molecule has 0 bridgehead atoms. The van der Waals surface area contributed by atoms with Gasteiger partial charge in [-0.05, 0) is 56.6 Å². The van der Waals surface area contributed by atoms with Gasteiger partial charge in [0.2, 0.25) is 5.78 Å². The second kappa shape index (κ2) is 7.15. The standard InChI is InChI=1S/C22H27FO5.2H2O/c1-12-8-16-15-5-4-13-9-14(25)6-7-19(13,2)21(15,23)17(26)10-20(16,3)22(12,28)18(27)11-24;;/h6-7,9,11-12,15-17,26,28H,4-5,8,10H2,1-3H3;2*1H2/t12-,15+,16+,17+,19+,20+,21+,22+;;/m1../s1. The largest absolute Gasteiger partial charge is 0.412 e. The molecule has 0 spiro atoms. The molecule has 0 amide bonds. The maximum atomic E-state index is 16.8. The first kappa shape index (κ1) is 24.5. The van der Waals surface area contributed by atoms with E-state index in [2.05, 4.69) is 0 Å². The molecule has 0 aliphatic heterocycles. The lowest BCUT2D eigenvalue weighted by Gasteiger charge is -2.62. The number of rotatable bonds is 2. The predicted octanol–water partition coefficient (Wildman–Crippen LogP) is 0.453. The summed E-state index contributed by atoms with van der Waals surface area (Å²) in [6, 6.07) is 0. The number of hydrogen-bond acceptors (Lipinski definition) is 5. The third-order valence-corrected chi connectivity index (χ3v) is 8.71. The lowest BCUT2D eigenvalue weighted by atomic mass is 9.44. The zero-order chi connectivity index (χ0) is 20.7. The molecule has 0 aromatic heterocycles. The van der Waals surface area contributed by atoms with Crippen LogP contribution in [0, 0.1) is 28.6 Å². The topological polar surface area (TPSA) is 155 Å². The van der Waals surface area contributed by atoms with E-state index in [1.54, 1.807) is 26.8 Å². The Hall–Kier alpha value is -1.74. The SMILES string of the molecule is C[C@@H]1C[C@H]2[C@@H]3CCC4=CC(=O)C=C[C@]4(C)[C@@]3(F)[C@@H](O)C[C@]2(C)[C@@]1(O)C(=O)C=O.O.O. The van der Waals surface area contributed by atoms with Crippen molar-refractivity contribution >= 4 is 17.9 Å². The van der Waals surface area contributed by atoms with Crippen LogP contribution >= 0.6 is 0 Å². The molecule has 0 radical (unpaired) electrons. The summed E-state index contributed by atoms with van der Waals surface area (Å²) in [6.45, 7) is 5.15. The molecule has 0 unspecified atom stereocenters. The molecule has 30 heavy (non-hydrogen) atoms. The normalized spacial score (nSPS) is 48.9. The van der Waals surface area contributed by atoms with Crippen LogP contribution in [0.3, 0.4) is 0 Å². The van der Waals surface area contributed by atoms with Gasteiger partial charge in [0.15, 0.2) is 17.7 Å². The minimum Gasteiger partial charge on any atom is -0.412 e. The average molecular weight is 426 g/mol. The molecule has 7 nitrogen and oxygen atoms in total. The Labute approximate surface area is 174 Å². The van der Waals surface area contributed by atoms with Gasteiger partial charge in [-0.2, -0.15) is 0 Å². The van der Waals surface area contributed by atoms with E-state index in [1.807, 2.05) is 0 Å². The number of Topliss-reactive ketones (excluding diaryl/α,β-unsaturated/α-hetero) is 1. The number of carbonyl (C=O) groups excluding carboxylic acids is 3. The number of halogens is 1. The van der Waals surface area contributed by atoms with Gasteiger partial charge in [-0.15, -0.1) is 0 Å². The molecule has 0 saturated heterocycles. The van der Waals surface area contributed by atoms with E-state index in [0.717, 1.165) is 0 Å². The molecule has 3 fully saturated rings. The van der Waals surface area contributed by atoms with E-state index in [-0.39, 0.29) is 35.4 Å². The van der Waals surface area contributed by atoms with Gasteiger partial charge in [-0.3, -0.25) is 14.4 Å². The molecule has 8 heteroatoms. The summed E-state index contributed by atoms with van der Waals surface area (Å²) >= 11 is 0. The molecular weight excluding hydrogens is 395 g/mol. The second-order valence-electron chi connectivity index (χ2n) is 9.65. The van der Waals surface area contributed by atoms with Crippen molar-refractivity contribution in [2.45, 2.75) is 63.8 Å². The smallest absolute Gasteiger partial charge is 0.227 e. The van der Waals surface area contributed by atoms with Gasteiger partial charge in [-0.25, -0.2) is 4.39 Å². The van der Waals surface area contributed by atoms with E-state index in [9.17, 15) is 24.6 Å². The van der Waals surface area contributed by atoms with E-state index in [1.165, 1.54) is 12.2 Å². The van der Waals surface area contributed by atoms with Crippen molar-refractivity contribution in [2.75, 3.05) is 0 Å². The number of aldehydes is 1. The maximum absolute atomic E-state index is 16.8.